The standard InChI is InChI=1S/C97H156N4O38S3/c1-6-7-29-100-87-24-22-83-84(78-82(141(109,110)111)80-88(83)142(112,113)114)95(87)97(4,27-15-9-14-20-94(105)139-101-92(103)25-26-93(101)104)90(100)18-12-8-11-17-89-96(2,3)85-79-81(140(106,107)108)21-23-86(85)99(89)30-16-10-13-19-91(102)98-28-31-116-34-35-118-38-39-120-42-43-122-46-47-124-50-51-126-54-55-128-58-59-130-62-63-132-66-67-134-70-71-136-74-75-138-77-76-137-73-72-135-69-68-133-65-64-131-61-60-129-57-56-127-53-52-125-49-48-123-45-44-121-41-40-119-37-36-117-33-32-115-5/h8,11-12,17-18,21-24,78-80H,6-7,9-10,13-16,19-20,25-77H2,1-5H3,(H3-,98,102,106,107,108,109,110,111,112,113,114). The molecule has 142 heavy (non-hydrogen) atoms. The molecule has 1 atom stereocenters. The number of hydrogen-bond donors (Lipinski definition) is 3. The molecule has 3 N–H and O–H groups in total. The van der Waals surface area contributed by atoms with Gasteiger partial charge in [-0.1, -0.05) is 50.5 Å². The summed E-state index contributed by atoms with van der Waals surface area (Å²) in [6, 6.07) is 9.48. The predicted octanol–water partition coefficient (Wildman–Crippen LogP) is 7.45. The highest BCUT2D eigenvalue weighted by Gasteiger charge is 2.47. The largest absolute Gasteiger partial charge is 0.744 e. The summed E-state index contributed by atoms with van der Waals surface area (Å²) in [4.78, 5) is 55.2. The van der Waals surface area contributed by atoms with Gasteiger partial charge in [-0.15, -0.1) is 5.06 Å². The van der Waals surface area contributed by atoms with Gasteiger partial charge in [-0.05, 0) is 106 Å². The van der Waals surface area contributed by atoms with Gasteiger partial charge in [0.25, 0.3) is 32.1 Å². The van der Waals surface area contributed by atoms with Gasteiger partial charge in [0, 0.05) is 86.8 Å². The fourth-order valence-corrected chi connectivity index (χ4v) is 16.8. The van der Waals surface area contributed by atoms with Gasteiger partial charge in [-0.25, -0.2) is 13.2 Å². The Hall–Kier alpha value is -6.54. The summed E-state index contributed by atoms with van der Waals surface area (Å²) in [6.07, 6.45) is 14.3. The molecule has 0 saturated carbocycles. The summed E-state index contributed by atoms with van der Waals surface area (Å²) in [6.45, 7) is 30.6. The highest BCUT2D eigenvalue weighted by molar-refractivity contribution is 7.87. The molecule has 3 aromatic rings. The number of hydroxylamine groups is 2. The minimum atomic E-state index is -5.30. The quantitative estimate of drug-likeness (QED) is 0.0162. The highest BCUT2D eigenvalue weighted by atomic mass is 32.2. The number of imide groups is 1. The molecule has 3 amide bonds. The van der Waals surface area contributed by atoms with E-state index in [1.165, 1.54) is 24.3 Å². The molecule has 1 saturated heterocycles. The Kier molecular flexibility index (Phi) is 65.7. The number of amides is 3. The second-order valence-electron chi connectivity index (χ2n) is 33.2. The lowest BCUT2D eigenvalue weighted by atomic mass is 9.75. The minimum Gasteiger partial charge on any atom is -0.744 e. The zero-order valence-electron chi connectivity index (χ0n) is 83.6. The molecule has 3 aliphatic rings. The van der Waals surface area contributed by atoms with E-state index in [9.17, 15) is 58.1 Å². The highest BCUT2D eigenvalue weighted by Crippen LogP contribution is 2.54. The van der Waals surface area contributed by atoms with Gasteiger partial charge in [0.05, 0.1) is 331 Å². The van der Waals surface area contributed by atoms with Gasteiger partial charge in [0.2, 0.25) is 11.6 Å². The van der Waals surface area contributed by atoms with E-state index in [-0.39, 0.29) is 47.3 Å². The Morgan fingerprint density at radius 1 is 0.430 bits per heavy atom. The van der Waals surface area contributed by atoms with E-state index in [0.717, 1.165) is 23.5 Å². The van der Waals surface area contributed by atoms with Gasteiger partial charge in [-0.3, -0.25) is 23.5 Å². The fourth-order valence-electron chi connectivity index (χ4n) is 15.0. The molecule has 0 aliphatic carbocycles. The zero-order valence-corrected chi connectivity index (χ0v) is 86.1. The summed E-state index contributed by atoms with van der Waals surface area (Å²) in [5.41, 5.74) is 2.31. The molecule has 810 valence electrons. The Balaban J connectivity index is 0.686. The molecule has 0 aromatic heterocycles. The van der Waals surface area contributed by atoms with Gasteiger partial charge in [0.1, 0.15) is 16.7 Å². The number of anilines is 1. The second kappa shape index (κ2) is 75.2. The van der Waals surface area contributed by atoms with Crippen molar-refractivity contribution in [3.05, 3.63) is 89.7 Å². The number of unbranched alkanes of at least 4 members (excludes halogenated alkanes) is 5. The van der Waals surface area contributed by atoms with Crippen LogP contribution in [-0.2, 0) is 179 Å². The molecule has 3 aromatic carbocycles. The van der Waals surface area contributed by atoms with E-state index < -0.39 is 68.8 Å². The maximum absolute atomic E-state index is 12.9. The average Bonchev–Trinajstić information content (AvgIpc) is 1.55. The number of carbonyl (C=O) groups excluding carboxylic acids is 4. The molecule has 0 bridgehead atoms. The molecule has 0 spiro atoms. The molecular formula is C97H156N4O38S3. The Morgan fingerprint density at radius 2 is 0.803 bits per heavy atom. The number of fused-ring (bicyclic) bond motifs is 4. The Labute approximate surface area is 837 Å². The number of benzene rings is 3. The molecule has 42 nitrogen and oxygen atoms in total. The van der Waals surface area contributed by atoms with Crippen LogP contribution in [0.3, 0.4) is 0 Å². The van der Waals surface area contributed by atoms with Crippen LogP contribution in [0.1, 0.15) is 122 Å². The third kappa shape index (κ3) is 51.4. The molecule has 0 radical (unpaired) electrons. The fraction of sp³-hybridized carbons (Fsp3) is 0.722. The number of nitrogens with one attached hydrogen (secondary N) is 1. The topological polar surface area (TPSA) is 486 Å². The van der Waals surface area contributed by atoms with Crippen LogP contribution in [0.15, 0.2) is 93.2 Å². The molecule has 1 unspecified atom stereocenters. The number of ether oxygens (including phenoxy) is 24. The number of rotatable bonds is 94. The first kappa shape index (κ1) is 124. The summed E-state index contributed by atoms with van der Waals surface area (Å²) >= 11 is 0. The lowest BCUT2D eigenvalue weighted by molar-refractivity contribution is -0.438. The van der Waals surface area contributed by atoms with Crippen LogP contribution in [0.2, 0.25) is 0 Å². The average molecular weight is 2080 g/mol. The van der Waals surface area contributed by atoms with Crippen LogP contribution in [0.25, 0.3) is 10.8 Å². The smallest absolute Gasteiger partial charge is 0.333 e. The van der Waals surface area contributed by atoms with E-state index in [1.54, 1.807) is 19.2 Å². The summed E-state index contributed by atoms with van der Waals surface area (Å²) in [5, 5.41) is 3.48. The lowest BCUT2D eigenvalue weighted by Crippen LogP contribution is -2.32. The van der Waals surface area contributed by atoms with Crippen molar-refractivity contribution in [2.24, 2.45) is 0 Å². The number of allylic oxidation sites excluding steroid dienone is 6. The van der Waals surface area contributed by atoms with E-state index >= 15 is 0 Å². The molecular weight excluding hydrogens is 1930 g/mol. The van der Waals surface area contributed by atoms with Crippen molar-refractivity contribution in [3.8, 4) is 0 Å². The van der Waals surface area contributed by atoms with Gasteiger partial charge in [-0.2, -0.15) is 21.4 Å². The second-order valence-corrected chi connectivity index (χ2v) is 37.4. The molecule has 6 rings (SSSR count). The van der Waals surface area contributed by atoms with Crippen LogP contribution >= 0.6 is 0 Å². The van der Waals surface area contributed by atoms with Crippen LogP contribution in [0.4, 0.5) is 11.4 Å². The molecule has 1 fully saturated rings. The van der Waals surface area contributed by atoms with Gasteiger partial charge in [0.15, 0.2) is 5.71 Å². The first-order valence-electron chi connectivity index (χ1n) is 49.1. The number of nitrogens with zero attached hydrogens (tertiary/aromatic N) is 3. The third-order valence-corrected chi connectivity index (χ3v) is 24.7. The first-order chi connectivity index (χ1) is 68.8. The Bertz CT molecular complexity index is 4470. The van der Waals surface area contributed by atoms with E-state index in [4.69, 9.17) is 119 Å². The minimum absolute atomic E-state index is 0.0379. The van der Waals surface area contributed by atoms with Gasteiger partial charge >= 0.3 is 5.97 Å². The van der Waals surface area contributed by atoms with Crippen LogP contribution in [0.5, 0.6) is 0 Å². The third-order valence-electron chi connectivity index (χ3n) is 22.2. The summed E-state index contributed by atoms with van der Waals surface area (Å²) in [7, 11) is -13.3. The zero-order chi connectivity index (χ0) is 102. The van der Waals surface area contributed by atoms with Crippen molar-refractivity contribution in [3.63, 3.8) is 0 Å². The van der Waals surface area contributed by atoms with Crippen molar-refractivity contribution >= 4 is 81.9 Å². The van der Waals surface area contributed by atoms with Crippen molar-refractivity contribution in [2.75, 3.05) is 342 Å². The van der Waals surface area contributed by atoms with Crippen molar-refractivity contribution in [2.45, 2.75) is 137 Å². The van der Waals surface area contributed by atoms with Crippen molar-refractivity contribution in [1.29, 1.82) is 0 Å². The molecule has 3 heterocycles. The van der Waals surface area contributed by atoms with E-state index in [2.05, 4.69) is 14.8 Å². The monoisotopic (exact) mass is 2080 g/mol. The summed E-state index contributed by atoms with van der Waals surface area (Å²) in [5.74, 6) is -2.08. The maximum Gasteiger partial charge on any atom is 0.333 e. The number of methoxy groups -OCH3 is 1. The SMILES string of the molecule is CCCCN1C(=CC=CC=CC2=[N+](CCCCCC(=O)NCCOCCOCCOCCOCCOCCOCCOCCOCCOCCOCCOCCOCCOCCOCCOCCOCCOCCOCCOCCOCCOCCOCCOCCOC)c3ccc(S(=O)(=O)O)cc3C2(C)C)C(C)(CCCCCC(=O)ON2C(=O)CCC2=O)c2c1ccc1c(S(=O)(=O)[O-])cc(S(=O)(=O)O)cc21. The first-order valence-corrected chi connectivity index (χ1v) is 53.4. The number of carbonyl (C=O) groups is 4. The van der Waals surface area contributed by atoms with Gasteiger partial charge < -0.3 is 133 Å². The molecule has 45 heteroatoms. The van der Waals surface area contributed by atoms with E-state index in [0.29, 0.717) is 409 Å². The van der Waals surface area contributed by atoms with Crippen molar-refractivity contribution < 1.29 is 181 Å². The van der Waals surface area contributed by atoms with Crippen LogP contribution < -0.4 is 10.2 Å². The number of hydrogen-bond acceptors (Lipinski definition) is 37. The summed E-state index contributed by atoms with van der Waals surface area (Å²) < 4.78 is 244. The van der Waals surface area contributed by atoms with E-state index in [1.807, 2.05) is 58.1 Å². The predicted molar refractivity (Wildman–Crippen MR) is 519 cm³/mol. The van der Waals surface area contributed by atoms with Crippen molar-refractivity contribution in [1.82, 2.24) is 10.4 Å². The molecule has 3 aliphatic heterocycles. The maximum atomic E-state index is 12.9. The lowest BCUT2D eigenvalue weighted by Gasteiger charge is -2.31. The van der Waals surface area contributed by atoms with Crippen LogP contribution in [0, 0.1) is 0 Å². The van der Waals surface area contributed by atoms with Crippen LogP contribution in [-0.4, -0.2) is 415 Å². The Morgan fingerprint density at radius 3 is 1.18 bits per heavy atom. The normalized spacial score (nSPS) is 15.4.